The first-order valence-electron chi connectivity index (χ1n) is 21.1. The van der Waals surface area contributed by atoms with Gasteiger partial charge < -0.3 is 9.84 Å². The van der Waals surface area contributed by atoms with E-state index in [1.807, 2.05) is 31.2 Å². The summed E-state index contributed by atoms with van der Waals surface area (Å²) in [5.41, 5.74) is -0.725. The van der Waals surface area contributed by atoms with Gasteiger partial charge in [0.05, 0.1) is 0 Å². The second-order valence-corrected chi connectivity index (χ2v) is 20.8. The number of pyridine rings is 1. The van der Waals surface area contributed by atoms with E-state index in [4.69, 9.17) is 28.7 Å². The molecule has 4 heterocycles. The molecule has 322 valence electrons. The molecule has 0 radical (unpaired) electrons. The first-order chi connectivity index (χ1) is 28.6. The predicted molar refractivity (Wildman–Crippen MR) is 220 cm³/mol. The maximum atomic E-state index is 14.6. The van der Waals surface area contributed by atoms with Gasteiger partial charge in [0.25, 0.3) is 0 Å². The van der Waals surface area contributed by atoms with Gasteiger partial charge in [0.2, 0.25) is 0 Å². The van der Waals surface area contributed by atoms with Crippen LogP contribution in [-0.4, -0.2) is 126 Å². The summed E-state index contributed by atoms with van der Waals surface area (Å²) in [7, 11) is 0. The molecule has 2 saturated heterocycles. The van der Waals surface area contributed by atoms with Crippen molar-refractivity contribution in [1.82, 2.24) is 25.4 Å². The number of hydrogen-bond donors (Lipinski definition) is 3. The van der Waals surface area contributed by atoms with Crippen molar-refractivity contribution in [2.75, 3.05) is 52.6 Å². The van der Waals surface area contributed by atoms with Gasteiger partial charge in [0.1, 0.15) is 6.10 Å². The van der Waals surface area contributed by atoms with Crippen molar-refractivity contribution in [3.8, 4) is 17.4 Å². The summed E-state index contributed by atoms with van der Waals surface area (Å²) in [6, 6.07) is 3.66. The van der Waals surface area contributed by atoms with Crippen molar-refractivity contribution < 1.29 is 65.2 Å². The van der Waals surface area contributed by atoms with Crippen LogP contribution in [0.1, 0.15) is 71.1 Å². The fraction of sp³-hybridized carbons (Fsp3) is 0.643. The first kappa shape index (κ1) is 42.5. The molecule has 2 unspecified atom stereocenters. The summed E-state index contributed by atoms with van der Waals surface area (Å²) >= 11 is 1.88. The molecular formula is C42H54I2N5O10-. The van der Waals surface area contributed by atoms with Crippen LogP contribution in [0.2, 0.25) is 0 Å². The first-order valence-corrected chi connectivity index (χ1v) is 28.5. The third-order valence-electron chi connectivity index (χ3n) is 12.6. The van der Waals surface area contributed by atoms with E-state index in [0.717, 1.165) is 85.2 Å². The summed E-state index contributed by atoms with van der Waals surface area (Å²) < 4.78 is 31.3. The molecule has 17 heteroatoms. The third kappa shape index (κ3) is 9.82. The monoisotopic (exact) mass is 1040 g/mol. The number of fused-ring (bicyclic) bond motifs is 4. The molecule has 3 amide bonds. The Hall–Kier alpha value is -3.17. The van der Waals surface area contributed by atoms with Gasteiger partial charge in [0, 0.05) is 0 Å². The molecule has 3 saturated carbocycles. The Bertz CT molecular complexity index is 1920. The van der Waals surface area contributed by atoms with Crippen LogP contribution in [0.25, 0.3) is 10.9 Å². The number of benzene rings is 1. The number of carbonyl (C=O) groups excluding carboxylic acids is 3. The number of nitrogens with one attached hydrogen (secondary N) is 2. The SMILES string of the molecule is CCOc1cc(OC2C[C@H]3C(=O)N[C@]4(C(=O)O)C[C@H]4/C=C\CCCCC[C@H](NC(=O)OC4C[C@@H]5C[C@@H]5C4)C(=O)N3C2)c2ccc(OCCN3CCOCC3)c([I-]I)c2n1. The molecule has 8 atom stereocenters. The van der Waals surface area contributed by atoms with Crippen LogP contribution in [0.15, 0.2) is 30.4 Å². The number of allylic oxidation sites excluding steroid dienone is 1. The maximum absolute atomic E-state index is 14.6. The van der Waals surface area contributed by atoms with E-state index in [0.29, 0.717) is 49.5 Å². The van der Waals surface area contributed by atoms with Crippen molar-refractivity contribution in [3.05, 3.63) is 33.9 Å². The molecule has 3 aliphatic carbocycles. The summed E-state index contributed by atoms with van der Waals surface area (Å²) in [6.45, 7) is 6.83. The number of carboxylic acid groups (broad SMARTS) is 1. The normalized spacial score (nSPS) is 31.5. The summed E-state index contributed by atoms with van der Waals surface area (Å²) in [5.74, 6) is 0.475. The number of halogens is 2. The Labute approximate surface area is 364 Å². The van der Waals surface area contributed by atoms with Crippen LogP contribution in [0.4, 0.5) is 4.79 Å². The van der Waals surface area contributed by atoms with Crippen LogP contribution in [0, 0.1) is 21.3 Å². The van der Waals surface area contributed by atoms with Crippen molar-refractivity contribution in [1.29, 1.82) is 0 Å². The van der Waals surface area contributed by atoms with Gasteiger partial charge in [-0.15, -0.1) is 0 Å². The van der Waals surface area contributed by atoms with Crippen LogP contribution in [0.5, 0.6) is 17.4 Å². The number of amides is 3. The summed E-state index contributed by atoms with van der Waals surface area (Å²) in [4.78, 5) is 63.5. The number of carboxylic acids is 1. The molecule has 6 aliphatic rings. The number of morpholine rings is 1. The minimum absolute atomic E-state index is 0.0438. The van der Waals surface area contributed by atoms with Crippen molar-refractivity contribution in [2.24, 2.45) is 17.8 Å². The van der Waals surface area contributed by atoms with Gasteiger partial charge >= 0.3 is 279 Å². The number of rotatable bonds is 12. The molecule has 8 rings (SSSR count). The van der Waals surface area contributed by atoms with E-state index < -0.39 is 64.8 Å². The Balaban J connectivity index is 1.05. The standard InChI is InChI=1S/C42H54I2N5O10/c1-2-56-35-22-34(30-10-11-33(36(44-43)37(30)46-35)57-17-14-48-12-15-55-16-13-48)58-29-21-32-38(50)47-42(40(52)53)23-27(42)8-6-4-3-5-7-9-31(39(51)49(32)24-29)45-41(54)59-28-19-25-18-26(25)20-28/h6,8,10-11,22,25-29,31-32H,2-5,7,9,12-21,23-24H2,1H3,(H,45,54)(H,47,50)(H,52,53)/q-1/b8-6-/t25-,26+,27-,28?,29?,31+,32+,42-/m1/s1. The molecule has 0 bridgehead atoms. The van der Waals surface area contributed by atoms with E-state index in [9.17, 15) is 24.3 Å². The Morgan fingerprint density at radius 3 is 2.64 bits per heavy atom. The fourth-order valence-electron chi connectivity index (χ4n) is 9.21. The third-order valence-corrected chi connectivity index (χ3v) is 16.8. The fourth-order valence-corrected chi connectivity index (χ4v) is 13.0. The van der Waals surface area contributed by atoms with E-state index >= 15 is 0 Å². The molecule has 0 spiro atoms. The zero-order valence-electron chi connectivity index (χ0n) is 33.4. The van der Waals surface area contributed by atoms with Crippen molar-refractivity contribution in [3.63, 3.8) is 0 Å². The van der Waals surface area contributed by atoms with Crippen molar-refractivity contribution in [2.45, 2.75) is 101 Å². The number of carbonyl (C=O) groups is 4. The predicted octanol–water partition coefficient (Wildman–Crippen LogP) is 1.67. The van der Waals surface area contributed by atoms with Crippen molar-refractivity contribution >= 4 is 53.4 Å². The average Bonchev–Trinajstić information content (AvgIpc) is 4.02. The Morgan fingerprint density at radius 2 is 1.88 bits per heavy atom. The number of aromatic nitrogens is 1. The van der Waals surface area contributed by atoms with Crippen LogP contribution in [0.3, 0.4) is 0 Å². The quantitative estimate of drug-likeness (QED) is 0.208. The van der Waals surface area contributed by atoms with Gasteiger partial charge in [0.15, 0.2) is 0 Å². The van der Waals surface area contributed by atoms with E-state index in [1.165, 1.54) is 11.3 Å². The van der Waals surface area contributed by atoms with E-state index in [1.54, 1.807) is 6.07 Å². The van der Waals surface area contributed by atoms with E-state index in [-0.39, 0.29) is 31.4 Å². The van der Waals surface area contributed by atoms with Gasteiger partial charge in [-0.05, 0) is 43.9 Å². The number of hydrogen-bond acceptors (Lipinski definition) is 11. The van der Waals surface area contributed by atoms with E-state index in [2.05, 4.69) is 34.1 Å². The Kier molecular flexibility index (Phi) is 13.6. The molecule has 2 aromatic rings. The second kappa shape index (κ2) is 18.8. The summed E-state index contributed by atoms with van der Waals surface area (Å²) in [5, 5.41) is 16.8. The zero-order valence-corrected chi connectivity index (χ0v) is 37.7. The number of alkyl carbamates (subject to hydrolysis) is 1. The Morgan fingerprint density at radius 1 is 1.07 bits per heavy atom. The van der Waals surface area contributed by atoms with Crippen LogP contribution >= 0.6 is 18.6 Å². The molecule has 1 aromatic carbocycles. The van der Waals surface area contributed by atoms with Gasteiger partial charge in [-0.1, -0.05) is 18.6 Å². The molecule has 3 aliphatic heterocycles. The molecule has 5 fully saturated rings. The number of aliphatic carboxylic acids is 1. The van der Waals surface area contributed by atoms with Crippen LogP contribution in [-0.2, 0) is 23.9 Å². The van der Waals surface area contributed by atoms with Gasteiger partial charge in [-0.2, -0.15) is 0 Å². The molecular weight excluding hydrogens is 988 g/mol. The topological polar surface area (TPSA) is 178 Å². The molecule has 59 heavy (non-hydrogen) atoms. The second-order valence-electron chi connectivity index (χ2n) is 16.6. The minimum atomic E-state index is -1.44. The number of ether oxygens (including phenoxy) is 5. The van der Waals surface area contributed by atoms with Gasteiger partial charge in [-0.3, -0.25) is 0 Å². The van der Waals surface area contributed by atoms with Crippen LogP contribution < -0.4 is 42.1 Å². The molecule has 3 N–H and O–H groups in total. The number of nitrogens with zero attached hydrogens (tertiary/aromatic N) is 3. The zero-order chi connectivity index (χ0) is 41.1. The van der Waals surface area contributed by atoms with Gasteiger partial charge in [-0.25, -0.2) is 9.59 Å². The summed E-state index contributed by atoms with van der Waals surface area (Å²) in [6.07, 6.45) is 9.19. The average molecular weight is 1040 g/mol. The molecule has 1 aromatic heterocycles. The molecule has 15 nitrogen and oxygen atoms in total.